The van der Waals surface area contributed by atoms with Gasteiger partial charge in [-0.25, -0.2) is 0 Å². The molecule has 0 aliphatic carbocycles. The highest BCUT2D eigenvalue weighted by Crippen LogP contribution is 2.28. The molecule has 5 heteroatoms. The third kappa shape index (κ3) is 3.94. The summed E-state index contributed by atoms with van der Waals surface area (Å²) >= 11 is 6.06. The zero-order valence-corrected chi connectivity index (χ0v) is 11.2. The topological polar surface area (TPSA) is 53.3 Å². The van der Waals surface area contributed by atoms with Crippen molar-refractivity contribution in [3.05, 3.63) is 23.2 Å². The molecule has 0 spiro atoms. The van der Waals surface area contributed by atoms with Gasteiger partial charge in [0.15, 0.2) is 5.78 Å². The average Bonchev–Trinajstić information content (AvgIpc) is 2.32. The number of Topliss-reactive ketones (excluding diaryl/α,β-unsaturated/α-hetero) is 1. The molecule has 0 aromatic heterocycles. The number of rotatable bonds is 6. The first-order valence-corrected chi connectivity index (χ1v) is 5.98. The Morgan fingerprint density at radius 2 is 2.28 bits per heavy atom. The SMILES string of the molecule is CCOc1ccc(N(C)CC(=O)CC#N)cc1Cl. The molecule has 0 saturated heterocycles. The molecular formula is C13H15ClN2O2. The summed E-state index contributed by atoms with van der Waals surface area (Å²) < 4.78 is 5.33. The summed E-state index contributed by atoms with van der Waals surface area (Å²) in [6, 6.07) is 7.18. The molecule has 0 aliphatic rings. The summed E-state index contributed by atoms with van der Waals surface area (Å²) in [6.07, 6.45) is -0.0743. The fraction of sp³-hybridized carbons (Fsp3) is 0.385. The first kappa shape index (κ1) is 14.3. The maximum atomic E-state index is 11.4. The van der Waals surface area contributed by atoms with Gasteiger partial charge in [-0.15, -0.1) is 0 Å². The normalized spacial score (nSPS) is 9.67. The van der Waals surface area contributed by atoms with Crippen LogP contribution in [0.1, 0.15) is 13.3 Å². The highest BCUT2D eigenvalue weighted by molar-refractivity contribution is 6.32. The fourth-order valence-corrected chi connectivity index (χ4v) is 1.73. The number of nitriles is 1. The number of anilines is 1. The van der Waals surface area contributed by atoms with Crippen molar-refractivity contribution in [1.29, 1.82) is 5.26 Å². The van der Waals surface area contributed by atoms with Gasteiger partial charge in [-0.05, 0) is 25.1 Å². The number of carbonyl (C=O) groups excluding carboxylic acids is 1. The van der Waals surface area contributed by atoms with Gasteiger partial charge in [0.25, 0.3) is 0 Å². The van der Waals surface area contributed by atoms with Crippen LogP contribution in [0, 0.1) is 11.3 Å². The van der Waals surface area contributed by atoms with Gasteiger partial charge in [0.1, 0.15) is 5.75 Å². The molecule has 0 N–H and O–H groups in total. The number of hydrogen-bond acceptors (Lipinski definition) is 4. The number of nitrogens with zero attached hydrogens (tertiary/aromatic N) is 2. The Hall–Kier alpha value is -1.73. The van der Waals surface area contributed by atoms with Crippen LogP contribution in [-0.2, 0) is 4.79 Å². The van der Waals surface area contributed by atoms with Crippen molar-refractivity contribution >= 4 is 23.1 Å². The first-order valence-electron chi connectivity index (χ1n) is 5.60. The number of benzene rings is 1. The largest absolute Gasteiger partial charge is 0.492 e. The number of halogens is 1. The third-order valence-corrected chi connectivity index (χ3v) is 2.64. The number of hydrogen-bond donors (Lipinski definition) is 0. The Kier molecular flexibility index (Phi) is 5.47. The molecule has 0 radical (unpaired) electrons. The molecule has 96 valence electrons. The fourth-order valence-electron chi connectivity index (χ4n) is 1.50. The predicted octanol–water partition coefficient (Wildman–Crippen LogP) is 2.66. The van der Waals surface area contributed by atoms with Gasteiger partial charge < -0.3 is 9.64 Å². The molecule has 0 saturated carbocycles. The quantitative estimate of drug-likeness (QED) is 0.794. The van der Waals surface area contributed by atoms with E-state index in [0.29, 0.717) is 17.4 Å². The highest BCUT2D eigenvalue weighted by atomic mass is 35.5. The summed E-state index contributed by atoms with van der Waals surface area (Å²) in [5, 5.41) is 8.94. The average molecular weight is 267 g/mol. The molecule has 1 aromatic carbocycles. The van der Waals surface area contributed by atoms with Crippen LogP contribution < -0.4 is 9.64 Å². The van der Waals surface area contributed by atoms with Crippen LogP contribution in [0.25, 0.3) is 0 Å². The van der Waals surface area contributed by atoms with Crippen molar-refractivity contribution < 1.29 is 9.53 Å². The molecule has 0 unspecified atom stereocenters. The molecule has 0 bridgehead atoms. The van der Waals surface area contributed by atoms with Crippen molar-refractivity contribution in [2.24, 2.45) is 0 Å². The Balaban J connectivity index is 2.75. The number of ether oxygens (including phenoxy) is 1. The maximum Gasteiger partial charge on any atom is 0.166 e. The second kappa shape index (κ2) is 6.87. The standard InChI is InChI=1S/C13H15ClN2O2/c1-3-18-13-5-4-10(8-12(13)14)16(2)9-11(17)6-7-15/h4-5,8H,3,6,9H2,1-2H3. The maximum absolute atomic E-state index is 11.4. The number of likely N-dealkylation sites (N-methyl/N-ethyl adjacent to an activating group) is 1. The molecular weight excluding hydrogens is 252 g/mol. The van der Waals surface area contributed by atoms with Crippen LogP contribution in [-0.4, -0.2) is 26.0 Å². The number of carbonyl (C=O) groups is 1. The molecule has 1 rings (SSSR count). The summed E-state index contributed by atoms with van der Waals surface area (Å²) in [6.45, 7) is 2.63. The lowest BCUT2D eigenvalue weighted by Crippen LogP contribution is -2.25. The van der Waals surface area contributed by atoms with Crippen LogP contribution in [0.2, 0.25) is 5.02 Å². The van der Waals surface area contributed by atoms with E-state index in [0.717, 1.165) is 5.69 Å². The summed E-state index contributed by atoms with van der Waals surface area (Å²) in [5.74, 6) is 0.504. The van der Waals surface area contributed by atoms with Gasteiger partial charge in [-0.2, -0.15) is 5.26 Å². The minimum Gasteiger partial charge on any atom is -0.492 e. The molecule has 0 fully saturated rings. The van der Waals surface area contributed by atoms with E-state index in [9.17, 15) is 4.79 Å². The highest BCUT2D eigenvalue weighted by Gasteiger charge is 2.09. The third-order valence-electron chi connectivity index (χ3n) is 2.35. The minimum atomic E-state index is -0.120. The van der Waals surface area contributed by atoms with E-state index in [1.54, 1.807) is 24.1 Å². The van der Waals surface area contributed by atoms with Gasteiger partial charge in [0.05, 0.1) is 30.7 Å². The zero-order valence-electron chi connectivity index (χ0n) is 10.4. The van der Waals surface area contributed by atoms with E-state index < -0.39 is 0 Å². The van der Waals surface area contributed by atoms with Crippen LogP contribution in [0.3, 0.4) is 0 Å². The van der Waals surface area contributed by atoms with Gasteiger partial charge in [-0.1, -0.05) is 11.6 Å². The van der Waals surface area contributed by atoms with Crippen LogP contribution in [0.4, 0.5) is 5.69 Å². The van der Waals surface area contributed by atoms with Gasteiger partial charge in [0.2, 0.25) is 0 Å². The molecule has 0 aliphatic heterocycles. The van der Waals surface area contributed by atoms with Crippen molar-refractivity contribution in [3.8, 4) is 11.8 Å². The molecule has 0 amide bonds. The van der Waals surface area contributed by atoms with E-state index in [1.807, 2.05) is 19.1 Å². The monoisotopic (exact) mass is 266 g/mol. The van der Waals surface area contributed by atoms with Crippen molar-refractivity contribution in [2.75, 3.05) is 25.1 Å². The van der Waals surface area contributed by atoms with Gasteiger partial charge in [-0.3, -0.25) is 4.79 Å². The Morgan fingerprint density at radius 1 is 1.56 bits per heavy atom. The van der Waals surface area contributed by atoms with Gasteiger partial charge >= 0.3 is 0 Å². The Labute approximate surface area is 112 Å². The molecule has 4 nitrogen and oxygen atoms in total. The van der Waals surface area contributed by atoms with Crippen LogP contribution >= 0.6 is 11.6 Å². The smallest absolute Gasteiger partial charge is 0.166 e. The van der Waals surface area contributed by atoms with Crippen LogP contribution in [0.15, 0.2) is 18.2 Å². The Morgan fingerprint density at radius 3 is 2.83 bits per heavy atom. The second-order valence-corrected chi connectivity index (χ2v) is 4.18. The van der Waals surface area contributed by atoms with Crippen molar-refractivity contribution in [1.82, 2.24) is 0 Å². The summed E-state index contributed by atoms with van der Waals surface area (Å²) in [4.78, 5) is 13.1. The van der Waals surface area contributed by atoms with E-state index in [1.165, 1.54) is 0 Å². The van der Waals surface area contributed by atoms with E-state index in [2.05, 4.69) is 0 Å². The summed E-state index contributed by atoms with van der Waals surface area (Å²) in [7, 11) is 1.78. The van der Waals surface area contributed by atoms with Crippen molar-refractivity contribution in [3.63, 3.8) is 0 Å². The van der Waals surface area contributed by atoms with E-state index in [4.69, 9.17) is 21.6 Å². The van der Waals surface area contributed by atoms with Crippen molar-refractivity contribution in [2.45, 2.75) is 13.3 Å². The molecule has 0 heterocycles. The zero-order chi connectivity index (χ0) is 13.5. The lowest BCUT2D eigenvalue weighted by molar-refractivity contribution is -0.116. The lowest BCUT2D eigenvalue weighted by atomic mass is 10.2. The predicted molar refractivity (Wildman–Crippen MR) is 71.1 cm³/mol. The molecule has 0 atom stereocenters. The van der Waals surface area contributed by atoms with E-state index >= 15 is 0 Å². The Bertz CT molecular complexity index is 469. The second-order valence-electron chi connectivity index (χ2n) is 3.78. The minimum absolute atomic E-state index is 0.0743. The first-order chi connectivity index (χ1) is 8.58. The number of ketones is 1. The summed E-state index contributed by atoms with van der Waals surface area (Å²) in [5.41, 5.74) is 0.815. The molecule has 18 heavy (non-hydrogen) atoms. The molecule has 1 aromatic rings. The van der Waals surface area contributed by atoms with Gasteiger partial charge in [0, 0.05) is 12.7 Å². The van der Waals surface area contributed by atoms with Crippen LogP contribution in [0.5, 0.6) is 5.75 Å². The lowest BCUT2D eigenvalue weighted by Gasteiger charge is -2.18. The van der Waals surface area contributed by atoms with E-state index in [-0.39, 0.29) is 18.7 Å².